The zero-order valence-electron chi connectivity index (χ0n) is 15.1. The molecule has 0 saturated heterocycles. The summed E-state index contributed by atoms with van der Waals surface area (Å²) in [6.07, 6.45) is -0.909. The fourth-order valence-electron chi connectivity index (χ4n) is 2.71. The molecule has 10 nitrogen and oxygen atoms in total. The molecule has 2 aromatic carbocycles. The van der Waals surface area contributed by atoms with Crippen LogP contribution in [-0.2, 0) is 9.59 Å². The van der Waals surface area contributed by atoms with Crippen molar-refractivity contribution >= 4 is 17.7 Å². The molecule has 2 heterocycles. The molecule has 1 atom stereocenters. The second-order valence-corrected chi connectivity index (χ2v) is 6.15. The molecule has 2 aliphatic heterocycles. The molecular formula is C19H17N3O7. The van der Waals surface area contributed by atoms with Gasteiger partial charge in [-0.1, -0.05) is 12.1 Å². The van der Waals surface area contributed by atoms with E-state index in [0.717, 1.165) is 0 Å². The van der Waals surface area contributed by atoms with Gasteiger partial charge in [0.15, 0.2) is 23.0 Å². The zero-order chi connectivity index (χ0) is 20.2. The Bertz CT molecular complexity index is 963. The van der Waals surface area contributed by atoms with E-state index in [1.54, 1.807) is 36.4 Å². The third-order valence-corrected chi connectivity index (χ3v) is 4.17. The van der Waals surface area contributed by atoms with Crippen LogP contribution in [0.3, 0.4) is 0 Å². The van der Waals surface area contributed by atoms with Gasteiger partial charge in [0.05, 0.1) is 6.54 Å². The Morgan fingerprint density at radius 1 is 0.897 bits per heavy atom. The van der Waals surface area contributed by atoms with Crippen molar-refractivity contribution in [2.45, 2.75) is 6.10 Å². The third-order valence-electron chi connectivity index (χ3n) is 4.17. The maximum absolute atomic E-state index is 12.1. The van der Waals surface area contributed by atoms with E-state index in [9.17, 15) is 14.4 Å². The summed E-state index contributed by atoms with van der Waals surface area (Å²) < 4.78 is 21.4. The number of nitrogens with one attached hydrogen (secondary N) is 3. The maximum Gasteiger partial charge on any atom is 0.283 e. The number of carbonyl (C=O) groups is 3. The lowest BCUT2D eigenvalue weighted by Crippen LogP contribution is -2.52. The van der Waals surface area contributed by atoms with Crippen LogP contribution in [0.25, 0.3) is 0 Å². The molecule has 0 aliphatic carbocycles. The van der Waals surface area contributed by atoms with Crippen molar-refractivity contribution < 1.29 is 33.3 Å². The summed E-state index contributed by atoms with van der Waals surface area (Å²) in [5.41, 5.74) is 4.79. The van der Waals surface area contributed by atoms with Crippen LogP contribution in [0, 0.1) is 0 Å². The summed E-state index contributed by atoms with van der Waals surface area (Å²) in [6.45, 7) is -0.220. The van der Waals surface area contributed by atoms with E-state index in [1.807, 2.05) is 0 Å². The van der Waals surface area contributed by atoms with Gasteiger partial charge in [-0.25, -0.2) is 0 Å². The van der Waals surface area contributed by atoms with E-state index in [-0.39, 0.29) is 19.9 Å². The molecule has 3 N–H and O–H groups in total. The van der Waals surface area contributed by atoms with Crippen molar-refractivity contribution in [2.24, 2.45) is 0 Å². The first-order valence-corrected chi connectivity index (χ1v) is 8.75. The topological polar surface area (TPSA) is 124 Å². The number of amides is 3. The molecule has 2 aliphatic rings. The van der Waals surface area contributed by atoms with Gasteiger partial charge >= 0.3 is 0 Å². The van der Waals surface area contributed by atoms with Crippen molar-refractivity contribution in [3.63, 3.8) is 0 Å². The molecule has 4 rings (SSSR count). The van der Waals surface area contributed by atoms with Gasteiger partial charge in [-0.3, -0.25) is 25.2 Å². The average molecular weight is 399 g/mol. The normalized spacial score (nSPS) is 15.9. The average Bonchev–Trinajstić information content (AvgIpc) is 3.23. The standard InChI is InChI=1S/C19H17N3O7/c23-17(8-20-18(24)11-5-6-13-15(7-11)28-10-27-13)21-22-19(25)16-9-26-12-3-1-2-4-14(12)29-16/h1-7,16H,8-10H2,(H,20,24)(H,21,23)(H,22,25). The highest BCUT2D eigenvalue weighted by atomic mass is 16.7. The first-order chi connectivity index (χ1) is 14.1. The highest BCUT2D eigenvalue weighted by Crippen LogP contribution is 2.32. The first kappa shape index (κ1) is 18.4. The van der Waals surface area contributed by atoms with E-state index in [0.29, 0.717) is 28.6 Å². The van der Waals surface area contributed by atoms with E-state index < -0.39 is 23.8 Å². The fraction of sp³-hybridized carbons (Fsp3) is 0.211. The highest BCUT2D eigenvalue weighted by Gasteiger charge is 2.27. The van der Waals surface area contributed by atoms with E-state index in [4.69, 9.17) is 18.9 Å². The quantitative estimate of drug-likeness (QED) is 0.625. The van der Waals surface area contributed by atoms with Crippen LogP contribution in [-0.4, -0.2) is 43.8 Å². The minimum atomic E-state index is -0.909. The van der Waals surface area contributed by atoms with Gasteiger partial charge in [-0.2, -0.15) is 0 Å². The molecule has 0 bridgehead atoms. The Kier molecular flexibility index (Phi) is 5.06. The zero-order valence-corrected chi connectivity index (χ0v) is 15.1. The monoisotopic (exact) mass is 399 g/mol. The Balaban J connectivity index is 1.22. The van der Waals surface area contributed by atoms with Crippen LogP contribution in [0.2, 0.25) is 0 Å². The summed E-state index contributed by atoms with van der Waals surface area (Å²) in [5.74, 6) is 0.363. The number of fused-ring (bicyclic) bond motifs is 2. The van der Waals surface area contributed by atoms with Crippen LogP contribution in [0.4, 0.5) is 0 Å². The predicted molar refractivity (Wildman–Crippen MR) is 97.5 cm³/mol. The van der Waals surface area contributed by atoms with Crippen LogP contribution in [0.1, 0.15) is 10.4 Å². The molecule has 29 heavy (non-hydrogen) atoms. The molecule has 150 valence electrons. The lowest BCUT2D eigenvalue weighted by molar-refractivity contribution is -0.134. The Morgan fingerprint density at radius 2 is 1.66 bits per heavy atom. The SMILES string of the molecule is O=C(CNC(=O)c1ccc2c(c1)OCO2)NNC(=O)C1COc2ccccc2O1. The van der Waals surface area contributed by atoms with Crippen molar-refractivity contribution in [1.82, 2.24) is 16.2 Å². The maximum atomic E-state index is 12.1. The molecular weight excluding hydrogens is 382 g/mol. The summed E-state index contributed by atoms with van der Waals surface area (Å²) in [7, 11) is 0. The van der Waals surface area contributed by atoms with Crippen LogP contribution in [0.15, 0.2) is 42.5 Å². The van der Waals surface area contributed by atoms with Crippen molar-refractivity contribution in [3.05, 3.63) is 48.0 Å². The lowest BCUT2D eigenvalue weighted by Gasteiger charge is -2.25. The highest BCUT2D eigenvalue weighted by molar-refractivity contribution is 5.97. The van der Waals surface area contributed by atoms with Crippen molar-refractivity contribution in [3.8, 4) is 23.0 Å². The first-order valence-electron chi connectivity index (χ1n) is 8.75. The Labute approximate surface area is 165 Å². The van der Waals surface area contributed by atoms with Crippen molar-refractivity contribution in [2.75, 3.05) is 19.9 Å². The smallest absolute Gasteiger partial charge is 0.283 e. The van der Waals surface area contributed by atoms with E-state index >= 15 is 0 Å². The predicted octanol–water partition coefficient (Wildman–Crippen LogP) is 0.133. The van der Waals surface area contributed by atoms with E-state index in [1.165, 1.54) is 6.07 Å². The number of para-hydroxylation sites is 2. The van der Waals surface area contributed by atoms with Gasteiger partial charge in [0.1, 0.15) is 6.61 Å². The van der Waals surface area contributed by atoms with Gasteiger partial charge in [0.2, 0.25) is 12.9 Å². The van der Waals surface area contributed by atoms with E-state index in [2.05, 4.69) is 16.2 Å². The summed E-state index contributed by atoms with van der Waals surface area (Å²) in [6, 6.07) is 11.7. The summed E-state index contributed by atoms with van der Waals surface area (Å²) in [4.78, 5) is 36.2. The van der Waals surface area contributed by atoms with Gasteiger partial charge in [0.25, 0.3) is 17.7 Å². The van der Waals surface area contributed by atoms with Gasteiger partial charge < -0.3 is 24.3 Å². The minimum absolute atomic E-state index is 0.0135. The van der Waals surface area contributed by atoms with Gasteiger partial charge in [0, 0.05) is 5.56 Å². The number of hydrogen-bond acceptors (Lipinski definition) is 7. The Morgan fingerprint density at radius 3 is 2.52 bits per heavy atom. The fourth-order valence-corrected chi connectivity index (χ4v) is 2.71. The molecule has 3 amide bonds. The van der Waals surface area contributed by atoms with Gasteiger partial charge in [-0.15, -0.1) is 0 Å². The molecule has 0 spiro atoms. The summed E-state index contributed by atoms with van der Waals surface area (Å²) in [5, 5.41) is 2.45. The second-order valence-electron chi connectivity index (χ2n) is 6.15. The number of carbonyl (C=O) groups excluding carboxylic acids is 3. The molecule has 0 radical (unpaired) electrons. The number of ether oxygens (including phenoxy) is 4. The largest absolute Gasteiger partial charge is 0.485 e. The lowest BCUT2D eigenvalue weighted by atomic mass is 10.2. The number of hydrazine groups is 1. The number of benzene rings is 2. The second kappa shape index (κ2) is 7.97. The molecule has 10 heteroatoms. The molecule has 0 fully saturated rings. The molecule has 1 unspecified atom stereocenters. The van der Waals surface area contributed by atoms with Crippen LogP contribution in [0.5, 0.6) is 23.0 Å². The van der Waals surface area contributed by atoms with Crippen LogP contribution >= 0.6 is 0 Å². The minimum Gasteiger partial charge on any atom is -0.485 e. The Hall–Kier alpha value is -3.95. The number of hydrogen-bond donors (Lipinski definition) is 3. The third kappa shape index (κ3) is 4.15. The van der Waals surface area contributed by atoms with Gasteiger partial charge in [-0.05, 0) is 30.3 Å². The number of rotatable bonds is 4. The van der Waals surface area contributed by atoms with Crippen LogP contribution < -0.4 is 35.1 Å². The molecule has 2 aromatic rings. The summed E-state index contributed by atoms with van der Waals surface area (Å²) >= 11 is 0. The van der Waals surface area contributed by atoms with Crippen molar-refractivity contribution in [1.29, 1.82) is 0 Å². The molecule has 0 aromatic heterocycles. The molecule has 0 saturated carbocycles.